The van der Waals surface area contributed by atoms with Gasteiger partial charge in [-0.05, 0) is 109 Å². The van der Waals surface area contributed by atoms with Gasteiger partial charge in [0, 0.05) is 25.5 Å². The van der Waals surface area contributed by atoms with Crippen molar-refractivity contribution in [3.05, 3.63) is 59.7 Å². The van der Waals surface area contributed by atoms with E-state index in [4.69, 9.17) is 4.12 Å². The summed E-state index contributed by atoms with van der Waals surface area (Å²) in [6.45, 7) is 15.6. The van der Waals surface area contributed by atoms with Crippen LogP contribution in [0.3, 0.4) is 0 Å². The van der Waals surface area contributed by atoms with Crippen LogP contribution in [0.15, 0.2) is 48.5 Å². The Bertz CT molecular complexity index is 1890. The van der Waals surface area contributed by atoms with Crippen LogP contribution < -0.4 is 0 Å². The van der Waals surface area contributed by atoms with Gasteiger partial charge in [0.1, 0.15) is 11.5 Å². The number of benzene rings is 2. The summed E-state index contributed by atoms with van der Waals surface area (Å²) >= 11 is 0. The van der Waals surface area contributed by atoms with Gasteiger partial charge in [-0.15, -0.1) is 0 Å². The Morgan fingerprint density at radius 1 is 0.493 bits per heavy atom. The maximum atomic E-state index is 15.0. The van der Waals surface area contributed by atoms with Crippen LogP contribution >= 0.6 is 0 Å². The van der Waals surface area contributed by atoms with Crippen molar-refractivity contribution < 1.29 is 71.4 Å². The molecule has 4 atom stereocenters. The molecule has 2 aromatic rings. The zero-order valence-electron chi connectivity index (χ0n) is 45.5. The summed E-state index contributed by atoms with van der Waals surface area (Å²) in [5.74, 6) is -36.2. The maximum absolute atomic E-state index is 15.0. The smallest absolute Gasteiger partial charge is 0.460 e. The molecule has 4 unspecified atom stereocenters. The molecule has 432 valence electrons. The topological polar surface area (TPSA) is 49.7 Å². The molecule has 0 aliphatic heterocycles. The molecule has 0 aromatic heterocycles. The van der Waals surface area contributed by atoms with Crippen molar-refractivity contribution >= 4 is 35.7 Å². The molecule has 20 heteroatoms. The van der Waals surface area contributed by atoms with Gasteiger partial charge in [-0.2, -0.15) is 57.1 Å². The van der Waals surface area contributed by atoms with Crippen LogP contribution in [-0.4, -0.2) is 81.7 Å². The van der Waals surface area contributed by atoms with E-state index in [9.17, 15) is 67.3 Å². The second kappa shape index (κ2) is 31.7. The first-order valence-electron chi connectivity index (χ1n) is 27.5. The number of hydrogen-bond donors (Lipinski definition) is 2. The molecule has 0 saturated heterocycles. The van der Waals surface area contributed by atoms with E-state index in [1.165, 1.54) is 32.1 Å². The number of hydrogen-bond acceptors (Lipinski definition) is 3. The Morgan fingerprint density at radius 2 is 0.947 bits per heavy atom. The quantitative estimate of drug-likeness (QED) is 0.0396. The Labute approximate surface area is 447 Å². The van der Waals surface area contributed by atoms with Gasteiger partial charge < -0.3 is 14.3 Å². The molecule has 2 N–H and O–H groups in total. The molecule has 2 rings (SSSR count). The molecular weight excluding hydrogens is 1070 g/mol. The summed E-state index contributed by atoms with van der Waals surface area (Å²) < 4.78 is 189. The monoisotopic (exact) mass is 1150 g/mol. The van der Waals surface area contributed by atoms with E-state index in [0.29, 0.717) is 42.5 Å². The fraction of sp³-hybridized carbons (Fsp3) is 0.782. The van der Waals surface area contributed by atoms with Gasteiger partial charge in [0.05, 0.1) is 0 Å². The van der Waals surface area contributed by atoms with Crippen molar-refractivity contribution in [2.75, 3.05) is 0 Å². The maximum Gasteiger partial charge on any atom is 0.460 e. The lowest BCUT2D eigenvalue weighted by atomic mass is 9.93. The highest BCUT2D eigenvalue weighted by molar-refractivity contribution is 6.86. The van der Waals surface area contributed by atoms with Gasteiger partial charge in [0.2, 0.25) is 0 Å². The number of rotatable bonds is 41. The Hall–Kier alpha value is -2.04. The number of phenolic OH excluding ortho intramolecular Hbond substituents is 2. The van der Waals surface area contributed by atoms with Crippen molar-refractivity contribution in [2.24, 2.45) is 0 Å². The Balaban J connectivity index is 2.17. The summed E-state index contributed by atoms with van der Waals surface area (Å²) in [5, 5.41) is 19.5. The van der Waals surface area contributed by atoms with E-state index < -0.39 is 74.4 Å². The van der Waals surface area contributed by atoms with Crippen LogP contribution in [0.2, 0.25) is 60.9 Å². The summed E-state index contributed by atoms with van der Waals surface area (Å²) in [7, 11) is -4.59. The molecule has 0 heterocycles. The molecule has 0 amide bonds. The van der Waals surface area contributed by atoms with Crippen LogP contribution in [0, 0.1) is 0 Å². The molecular formula is C55H87F13O3Si4. The summed E-state index contributed by atoms with van der Waals surface area (Å²) in [6.07, 6.45) is 12.7. The average molecular weight is 1160 g/mol. The first kappa shape index (κ1) is 69.1. The van der Waals surface area contributed by atoms with Gasteiger partial charge in [-0.3, -0.25) is 0 Å². The van der Waals surface area contributed by atoms with Crippen molar-refractivity contribution in [3.63, 3.8) is 0 Å². The van der Waals surface area contributed by atoms with Gasteiger partial charge in [0.15, 0.2) is 16.6 Å². The Morgan fingerprint density at radius 3 is 1.40 bits per heavy atom. The summed E-state index contributed by atoms with van der Waals surface area (Å²) in [5.41, 5.74) is 2.93. The fourth-order valence-electron chi connectivity index (χ4n) is 10.4. The van der Waals surface area contributed by atoms with Crippen molar-refractivity contribution in [3.8, 4) is 11.5 Å². The molecule has 2 aromatic carbocycles. The van der Waals surface area contributed by atoms with E-state index in [1.807, 2.05) is 24.3 Å². The third-order valence-corrected chi connectivity index (χ3v) is 27.4. The molecule has 75 heavy (non-hydrogen) atoms. The molecule has 0 fully saturated rings. The third-order valence-electron chi connectivity index (χ3n) is 15.1. The van der Waals surface area contributed by atoms with Gasteiger partial charge >= 0.3 is 35.8 Å². The lowest BCUT2D eigenvalue weighted by Crippen LogP contribution is -2.70. The first-order valence-corrected chi connectivity index (χ1v) is 36.3. The summed E-state index contributed by atoms with van der Waals surface area (Å²) in [4.78, 5) is 0. The van der Waals surface area contributed by atoms with E-state index in [-0.39, 0.29) is 16.8 Å². The number of alkyl halides is 13. The van der Waals surface area contributed by atoms with E-state index >= 15 is 0 Å². The van der Waals surface area contributed by atoms with Crippen molar-refractivity contribution in [2.45, 2.75) is 271 Å². The number of aryl methyl sites for hydroxylation is 2. The Kier molecular flexibility index (Phi) is 29.2. The molecule has 0 spiro atoms. The fourth-order valence-corrected chi connectivity index (χ4v) is 23.6. The molecule has 0 bridgehead atoms. The minimum atomic E-state index is -7.89. The van der Waals surface area contributed by atoms with E-state index in [1.54, 1.807) is 24.3 Å². The highest BCUT2D eigenvalue weighted by Crippen LogP contribution is 2.61. The third kappa shape index (κ3) is 21.5. The normalized spacial score (nSPS) is 15.3. The number of unbranched alkanes of at least 4 members (excludes halogenated alkanes) is 11. The van der Waals surface area contributed by atoms with E-state index in [0.717, 1.165) is 117 Å². The van der Waals surface area contributed by atoms with Crippen LogP contribution in [0.4, 0.5) is 57.1 Å². The van der Waals surface area contributed by atoms with E-state index in [2.05, 4.69) is 46.6 Å². The molecule has 4 radical (unpaired) electrons. The largest absolute Gasteiger partial charge is 0.508 e. The standard InChI is InChI=1S/C55H87F13O3Si4/c1-8-10-34-49(41-47(72-3)33-22-18-14-12-16-20-27-43-29-24-31-45(70)40-43)75(6,7)71-74(4,5)48(25-9-2)36-35-46(32-21-17-13-11-15-19-26-42-28-23-30-44(69)39-42)73-38-37-50(56,57)51(58,59)52(60,61)53(62,63)54(64,65)55(66,67)68/h23-24,28-31,39-40,46-49,69-70H,8-22,25-27,32-38,41H2,1-7H3. The molecule has 0 saturated carbocycles. The zero-order valence-corrected chi connectivity index (χ0v) is 49.5. The number of phenols is 2. The zero-order chi connectivity index (χ0) is 56.8. The van der Waals surface area contributed by atoms with Crippen LogP contribution in [0.1, 0.15) is 173 Å². The summed E-state index contributed by atoms with van der Waals surface area (Å²) in [6, 6.07) is 13.6. The van der Waals surface area contributed by atoms with Gasteiger partial charge in [-0.25, -0.2) is 0 Å². The first-order chi connectivity index (χ1) is 34.8. The van der Waals surface area contributed by atoms with Crippen molar-refractivity contribution in [1.29, 1.82) is 0 Å². The van der Waals surface area contributed by atoms with Gasteiger partial charge in [-0.1, -0.05) is 179 Å². The molecule has 3 nitrogen and oxygen atoms in total. The molecule has 0 aliphatic rings. The average Bonchev–Trinajstić information content (AvgIpc) is 3.31. The highest BCUT2D eigenvalue weighted by Gasteiger charge is 2.90. The second-order valence-corrected chi connectivity index (χ2v) is 34.0. The lowest BCUT2D eigenvalue weighted by Gasteiger charge is -2.44. The predicted octanol–water partition coefficient (Wildman–Crippen LogP) is 20.3. The van der Waals surface area contributed by atoms with Crippen molar-refractivity contribution in [1.82, 2.24) is 0 Å². The van der Waals surface area contributed by atoms with Gasteiger partial charge in [0.25, 0.3) is 0 Å². The number of halogens is 13. The minimum absolute atomic E-state index is 0.116. The van der Waals surface area contributed by atoms with Crippen LogP contribution in [0.25, 0.3) is 0 Å². The number of aromatic hydroxyl groups is 2. The van der Waals surface area contributed by atoms with Crippen LogP contribution in [-0.2, 0) is 17.0 Å². The second-order valence-electron chi connectivity index (χ2n) is 22.0. The lowest BCUT2D eigenvalue weighted by molar-refractivity contribution is -0.439. The molecule has 0 aliphatic carbocycles. The predicted molar refractivity (Wildman–Crippen MR) is 285 cm³/mol. The SMILES string of the molecule is CCCCC(CC(CCCCCCCCc1cccc(O)c1)[Si]C)[Si](C)(C)O[Si](C)(C)C(CCC)CCC(CCCCCCCCc1cccc(O)c1)[Si]CCC(F)(F)C(F)(F)C(F)(F)C(F)(F)C(F)(F)C(F)(F)F. The van der Waals surface area contributed by atoms with Crippen LogP contribution in [0.5, 0.6) is 11.5 Å². The minimum Gasteiger partial charge on any atom is -0.508 e. The highest BCUT2D eigenvalue weighted by atomic mass is 28.4.